The van der Waals surface area contributed by atoms with Crippen LogP contribution in [0.4, 0.5) is 5.69 Å². The molecule has 0 saturated carbocycles. The minimum Gasteiger partial charge on any atom is -0.317 e. The van der Waals surface area contributed by atoms with Gasteiger partial charge in [0.15, 0.2) is 0 Å². The van der Waals surface area contributed by atoms with Gasteiger partial charge in [-0.25, -0.2) is 0 Å². The van der Waals surface area contributed by atoms with Crippen molar-refractivity contribution in [3.63, 3.8) is 0 Å². The van der Waals surface area contributed by atoms with E-state index in [9.17, 15) is 4.79 Å². The van der Waals surface area contributed by atoms with Gasteiger partial charge in [0.1, 0.15) is 0 Å². The van der Waals surface area contributed by atoms with E-state index in [0.717, 1.165) is 38.2 Å². The number of halogens is 1. The van der Waals surface area contributed by atoms with Gasteiger partial charge in [0, 0.05) is 23.7 Å². The van der Waals surface area contributed by atoms with E-state index in [4.69, 9.17) is 11.6 Å². The van der Waals surface area contributed by atoms with Crippen molar-refractivity contribution in [1.82, 2.24) is 5.32 Å². The Balaban J connectivity index is 2.10. The summed E-state index contributed by atoms with van der Waals surface area (Å²) >= 11 is 5.91. The second-order valence-electron chi connectivity index (χ2n) is 5.03. The summed E-state index contributed by atoms with van der Waals surface area (Å²) in [5.74, 6) is 0.772. The molecule has 1 saturated heterocycles. The molecule has 1 aliphatic heterocycles. The van der Waals surface area contributed by atoms with Gasteiger partial charge in [0.2, 0.25) is 5.91 Å². The minimum atomic E-state index is 0.181. The Morgan fingerprint density at radius 2 is 1.95 bits per heavy atom. The third-order valence-corrected chi connectivity index (χ3v) is 3.89. The van der Waals surface area contributed by atoms with E-state index in [1.807, 2.05) is 36.1 Å². The summed E-state index contributed by atoms with van der Waals surface area (Å²) in [6.45, 7) is 4.84. The number of hydrogen-bond donors (Lipinski definition) is 1. The molecule has 0 atom stereocenters. The van der Waals surface area contributed by atoms with Crippen LogP contribution in [0.25, 0.3) is 0 Å². The van der Waals surface area contributed by atoms with E-state index in [1.165, 1.54) is 0 Å². The Morgan fingerprint density at radius 3 is 2.53 bits per heavy atom. The first kappa shape index (κ1) is 14.4. The molecule has 0 radical (unpaired) electrons. The van der Waals surface area contributed by atoms with Crippen LogP contribution in [0.1, 0.15) is 26.2 Å². The fourth-order valence-corrected chi connectivity index (χ4v) is 2.61. The zero-order chi connectivity index (χ0) is 13.7. The number of anilines is 1. The molecule has 1 aromatic carbocycles. The molecule has 0 spiro atoms. The van der Waals surface area contributed by atoms with Gasteiger partial charge in [-0.15, -0.1) is 0 Å². The molecular formula is C15H21ClN2O. The predicted molar refractivity (Wildman–Crippen MR) is 79.7 cm³/mol. The van der Waals surface area contributed by atoms with E-state index in [1.54, 1.807) is 0 Å². The van der Waals surface area contributed by atoms with Crippen LogP contribution in [-0.4, -0.2) is 25.5 Å². The summed E-state index contributed by atoms with van der Waals surface area (Å²) in [6, 6.07) is 7.54. The Kier molecular flexibility index (Phi) is 5.23. The number of carbonyl (C=O) groups excluding carboxylic acids is 1. The van der Waals surface area contributed by atoms with Gasteiger partial charge < -0.3 is 10.2 Å². The van der Waals surface area contributed by atoms with Crippen LogP contribution >= 0.6 is 11.6 Å². The van der Waals surface area contributed by atoms with Gasteiger partial charge in [0.05, 0.1) is 0 Å². The number of nitrogens with one attached hydrogen (secondary N) is 1. The van der Waals surface area contributed by atoms with E-state index in [0.29, 0.717) is 17.4 Å². The van der Waals surface area contributed by atoms with Gasteiger partial charge in [-0.05, 0) is 56.1 Å². The third-order valence-electron chi connectivity index (χ3n) is 3.64. The molecule has 104 valence electrons. The third kappa shape index (κ3) is 3.95. The second-order valence-corrected chi connectivity index (χ2v) is 5.46. The van der Waals surface area contributed by atoms with Gasteiger partial charge in [-0.1, -0.05) is 18.5 Å². The number of nitrogens with zero attached hydrogens (tertiary/aromatic N) is 1. The SMILES string of the molecule is CCC(=O)N(CC1CCNCC1)c1ccc(Cl)cc1. The summed E-state index contributed by atoms with van der Waals surface area (Å²) in [6.07, 6.45) is 2.82. The fraction of sp³-hybridized carbons (Fsp3) is 0.533. The van der Waals surface area contributed by atoms with Crippen LogP contribution in [0.15, 0.2) is 24.3 Å². The maximum Gasteiger partial charge on any atom is 0.226 e. The quantitative estimate of drug-likeness (QED) is 0.919. The highest BCUT2D eigenvalue weighted by Crippen LogP contribution is 2.22. The largest absolute Gasteiger partial charge is 0.317 e. The molecule has 0 unspecified atom stereocenters. The molecular weight excluding hydrogens is 260 g/mol. The molecule has 19 heavy (non-hydrogen) atoms. The number of amides is 1. The van der Waals surface area contributed by atoms with Gasteiger partial charge >= 0.3 is 0 Å². The standard InChI is InChI=1S/C15H21ClN2O/c1-2-15(19)18(11-12-7-9-17-10-8-12)14-5-3-13(16)4-6-14/h3-6,12,17H,2,7-11H2,1H3. The summed E-state index contributed by atoms with van der Waals surface area (Å²) in [4.78, 5) is 14.1. The summed E-state index contributed by atoms with van der Waals surface area (Å²) < 4.78 is 0. The number of hydrogen-bond acceptors (Lipinski definition) is 2. The molecule has 3 nitrogen and oxygen atoms in total. The highest BCUT2D eigenvalue weighted by atomic mass is 35.5. The first-order valence-electron chi connectivity index (χ1n) is 6.97. The molecule has 1 N–H and O–H groups in total. The molecule has 2 rings (SSSR count). The molecule has 1 aliphatic rings. The Morgan fingerprint density at radius 1 is 1.32 bits per heavy atom. The van der Waals surface area contributed by atoms with Crippen molar-refractivity contribution in [3.05, 3.63) is 29.3 Å². The van der Waals surface area contributed by atoms with Crippen LogP contribution in [0, 0.1) is 5.92 Å². The van der Waals surface area contributed by atoms with Crippen LogP contribution in [0.5, 0.6) is 0 Å². The molecule has 1 heterocycles. The van der Waals surface area contributed by atoms with Crippen molar-refractivity contribution in [1.29, 1.82) is 0 Å². The Bertz CT molecular complexity index is 413. The summed E-state index contributed by atoms with van der Waals surface area (Å²) in [5.41, 5.74) is 0.954. The molecule has 0 aromatic heterocycles. The fourth-order valence-electron chi connectivity index (χ4n) is 2.49. The molecule has 1 aromatic rings. The lowest BCUT2D eigenvalue weighted by atomic mass is 9.97. The lowest BCUT2D eigenvalue weighted by Gasteiger charge is -2.30. The summed E-state index contributed by atoms with van der Waals surface area (Å²) in [7, 11) is 0. The van der Waals surface area contributed by atoms with E-state index in [-0.39, 0.29) is 5.91 Å². The highest BCUT2D eigenvalue weighted by molar-refractivity contribution is 6.30. The monoisotopic (exact) mass is 280 g/mol. The number of benzene rings is 1. The normalized spacial score (nSPS) is 16.3. The topological polar surface area (TPSA) is 32.3 Å². The molecule has 0 bridgehead atoms. The van der Waals surface area contributed by atoms with Crippen molar-refractivity contribution in [2.45, 2.75) is 26.2 Å². The lowest BCUT2D eigenvalue weighted by Crippen LogP contribution is -2.39. The maximum absolute atomic E-state index is 12.1. The Labute approximate surface area is 119 Å². The summed E-state index contributed by atoms with van der Waals surface area (Å²) in [5, 5.41) is 4.06. The molecule has 4 heteroatoms. The number of rotatable bonds is 4. The zero-order valence-corrected chi connectivity index (χ0v) is 12.1. The molecule has 0 aliphatic carbocycles. The van der Waals surface area contributed by atoms with Crippen LogP contribution in [0.2, 0.25) is 5.02 Å². The van der Waals surface area contributed by atoms with Crippen molar-refractivity contribution in [2.75, 3.05) is 24.5 Å². The van der Waals surface area contributed by atoms with E-state index in [2.05, 4.69) is 5.32 Å². The molecule has 1 fully saturated rings. The second kappa shape index (κ2) is 6.92. The lowest BCUT2D eigenvalue weighted by molar-refractivity contribution is -0.118. The number of piperidine rings is 1. The smallest absolute Gasteiger partial charge is 0.226 e. The van der Waals surface area contributed by atoms with Gasteiger partial charge in [0.25, 0.3) is 0 Å². The maximum atomic E-state index is 12.1. The average molecular weight is 281 g/mol. The molecule has 1 amide bonds. The average Bonchev–Trinajstić information content (AvgIpc) is 2.46. The number of carbonyl (C=O) groups is 1. The first-order valence-corrected chi connectivity index (χ1v) is 7.35. The van der Waals surface area contributed by atoms with Crippen LogP contribution in [-0.2, 0) is 4.79 Å². The van der Waals surface area contributed by atoms with Crippen LogP contribution in [0.3, 0.4) is 0 Å². The predicted octanol–water partition coefficient (Wildman–Crippen LogP) is 3.08. The van der Waals surface area contributed by atoms with Crippen molar-refractivity contribution in [3.8, 4) is 0 Å². The zero-order valence-electron chi connectivity index (χ0n) is 11.4. The van der Waals surface area contributed by atoms with Crippen molar-refractivity contribution in [2.24, 2.45) is 5.92 Å². The first-order chi connectivity index (χ1) is 9.20. The highest BCUT2D eigenvalue weighted by Gasteiger charge is 2.21. The van der Waals surface area contributed by atoms with E-state index < -0.39 is 0 Å². The Hall–Kier alpha value is -1.06. The van der Waals surface area contributed by atoms with Crippen molar-refractivity contribution >= 4 is 23.2 Å². The van der Waals surface area contributed by atoms with Gasteiger partial charge in [-0.2, -0.15) is 0 Å². The van der Waals surface area contributed by atoms with E-state index >= 15 is 0 Å². The van der Waals surface area contributed by atoms with Crippen molar-refractivity contribution < 1.29 is 4.79 Å². The van der Waals surface area contributed by atoms with Gasteiger partial charge in [-0.3, -0.25) is 4.79 Å². The minimum absolute atomic E-state index is 0.181. The van der Waals surface area contributed by atoms with Crippen LogP contribution < -0.4 is 10.2 Å².